The minimum atomic E-state index is -0.865. The monoisotopic (exact) mass is 327 g/mol. The fraction of sp³-hybridized carbons (Fsp3) is 0.950. The third-order valence-electron chi connectivity index (χ3n) is 4.26. The van der Waals surface area contributed by atoms with Gasteiger partial charge >= 0.3 is 5.97 Å². The van der Waals surface area contributed by atoms with Gasteiger partial charge in [0.15, 0.2) is 0 Å². The Kier molecular flexibility index (Phi) is 14.6. The molecule has 3 heteroatoms. The first-order valence-electron chi connectivity index (χ1n) is 9.94. The second-order valence-corrected chi connectivity index (χ2v) is 7.45. The summed E-state index contributed by atoms with van der Waals surface area (Å²) >= 11 is 0. The summed E-state index contributed by atoms with van der Waals surface area (Å²) in [6, 6.07) is 0. The molecule has 0 saturated carbocycles. The van der Waals surface area contributed by atoms with Crippen LogP contribution in [0.15, 0.2) is 0 Å². The van der Waals surface area contributed by atoms with Crippen LogP contribution in [0.2, 0.25) is 0 Å². The Morgan fingerprint density at radius 1 is 0.739 bits per heavy atom. The molecule has 0 rings (SSSR count). The molecule has 23 heavy (non-hydrogen) atoms. The van der Waals surface area contributed by atoms with Crippen molar-refractivity contribution in [3.63, 3.8) is 0 Å². The van der Waals surface area contributed by atoms with E-state index in [0.717, 1.165) is 12.8 Å². The van der Waals surface area contributed by atoms with Crippen molar-refractivity contribution in [1.82, 2.24) is 0 Å². The number of unbranched alkanes of at least 4 members (excludes halogenated alkanes) is 13. The molecule has 0 heterocycles. The molecule has 0 radical (unpaired) electrons. The van der Waals surface area contributed by atoms with Crippen LogP contribution in [0.4, 0.5) is 0 Å². The predicted molar refractivity (Wildman–Crippen MR) is 99.5 cm³/mol. The van der Waals surface area contributed by atoms with Crippen molar-refractivity contribution in [1.29, 1.82) is 0 Å². The van der Waals surface area contributed by atoms with Crippen LogP contribution in [0.3, 0.4) is 0 Å². The first-order valence-corrected chi connectivity index (χ1v) is 9.94. The fourth-order valence-electron chi connectivity index (χ4n) is 2.65. The molecular weight excluding hydrogens is 286 g/mol. The van der Waals surface area contributed by atoms with Crippen LogP contribution in [-0.2, 0) is 9.53 Å². The molecule has 0 bridgehead atoms. The molecule has 0 saturated heterocycles. The Labute approximate surface area is 144 Å². The summed E-state index contributed by atoms with van der Waals surface area (Å²) in [4.78, 5) is 11.5. The highest BCUT2D eigenvalue weighted by Crippen LogP contribution is 2.13. The first-order chi connectivity index (χ1) is 11.0. The zero-order chi connectivity index (χ0) is 17.4. The van der Waals surface area contributed by atoms with E-state index in [4.69, 9.17) is 10.5 Å². The van der Waals surface area contributed by atoms with Gasteiger partial charge in [0.1, 0.15) is 5.54 Å². The SMILES string of the molecule is CCCCCCCCCCCCCCCCOC(=O)C(C)(C)N. The Morgan fingerprint density at radius 2 is 1.09 bits per heavy atom. The molecule has 0 fully saturated rings. The number of ether oxygens (including phenoxy) is 1. The number of hydrogen-bond donors (Lipinski definition) is 1. The van der Waals surface area contributed by atoms with Crippen molar-refractivity contribution < 1.29 is 9.53 Å². The lowest BCUT2D eigenvalue weighted by Gasteiger charge is -2.16. The molecule has 0 aromatic rings. The maximum atomic E-state index is 11.5. The second-order valence-electron chi connectivity index (χ2n) is 7.45. The van der Waals surface area contributed by atoms with E-state index in [1.807, 2.05) is 0 Å². The summed E-state index contributed by atoms with van der Waals surface area (Å²) in [5, 5.41) is 0. The highest BCUT2D eigenvalue weighted by Gasteiger charge is 2.23. The normalized spacial score (nSPS) is 11.7. The molecule has 0 aliphatic heterocycles. The molecule has 0 aromatic heterocycles. The average molecular weight is 328 g/mol. The van der Waals surface area contributed by atoms with Crippen molar-refractivity contribution in [3.05, 3.63) is 0 Å². The van der Waals surface area contributed by atoms with E-state index in [2.05, 4.69) is 6.92 Å². The van der Waals surface area contributed by atoms with Gasteiger partial charge in [-0.05, 0) is 20.3 Å². The van der Waals surface area contributed by atoms with Crippen molar-refractivity contribution in [2.75, 3.05) is 6.61 Å². The van der Waals surface area contributed by atoms with E-state index in [-0.39, 0.29) is 5.97 Å². The Bertz CT molecular complexity index is 271. The quantitative estimate of drug-likeness (QED) is 0.290. The van der Waals surface area contributed by atoms with E-state index >= 15 is 0 Å². The summed E-state index contributed by atoms with van der Waals surface area (Å²) in [5.74, 6) is -0.299. The molecule has 3 nitrogen and oxygen atoms in total. The summed E-state index contributed by atoms with van der Waals surface area (Å²) in [5.41, 5.74) is 4.80. The van der Waals surface area contributed by atoms with E-state index < -0.39 is 5.54 Å². The number of nitrogens with two attached hydrogens (primary N) is 1. The third-order valence-corrected chi connectivity index (χ3v) is 4.26. The van der Waals surface area contributed by atoms with Gasteiger partial charge in [-0.15, -0.1) is 0 Å². The summed E-state index contributed by atoms with van der Waals surface area (Å²) in [6.07, 6.45) is 18.7. The lowest BCUT2D eigenvalue weighted by atomic mass is 10.0. The predicted octanol–water partition coefficient (Wildman–Crippen LogP) is 5.75. The first kappa shape index (κ1) is 22.4. The zero-order valence-corrected chi connectivity index (χ0v) is 16.0. The van der Waals surface area contributed by atoms with E-state index in [1.165, 1.54) is 77.0 Å². The second kappa shape index (κ2) is 15.0. The number of hydrogen-bond acceptors (Lipinski definition) is 3. The highest BCUT2D eigenvalue weighted by atomic mass is 16.5. The van der Waals surface area contributed by atoms with Crippen LogP contribution >= 0.6 is 0 Å². The van der Waals surface area contributed by atoms with Gasteiger partial charge in [0.25, 0.3) is 0 Å². The van der Waals surface area contributed by atoms with Gasteiger partial charge < -0.3 is 10.5 Å². The van der Waals surface area contributed by atoms with Gasteiger partial charge in [-0.2, -0.15) is 0 Å². The Morgan fingerprint density at radius 3 is 1.43 bits per heavy atom. The van der Waals surface area contributed by atoms with Crippen LogP contribution in [0, 0.1) is 0 Å². The molecule has 0 atom stereocenters. The van der Waals surface area contributed by atoms with Gasteiger partial charge in [-0.1, -0.05) is 90.4 Å². The summed E-state index contributed by atoms with van der Waals surface area (Å²) in [7, 11) is 0. The third kappa shape index (κ3) is 16.1. The maximum Gasteiger partial charge on any atom is 0.325 e. The van der Waals surface area contributed by atoms with Crippen LogP contribution in [-0.4, -0.2) is 18.1 Å². The minimum absolute atomic E-state index is 0.299. The van der Waals surface area contributed by atoms with Crippen molar-refractivity contribution in [3.8, 4) is 0 Å². The Hall–Kier alpha value is -0.570. The van der Waals surface area contributed by atoms with Gasteiger partial charge in [0.05, 0.1) is 6.61 Å². The summed E-state index contributed by atoms with van der Waals surface area (Å²) < 4.78 is 5.15. The highest BCUT2D eigenvalue weighted by molar-refractivity contribution is 5.79. The molecule has 0 aliphatic carbocycles. The molecular formula is C20H41NO2. The molecule has 0 spiro atoms. The minimum Gasteiger partial charge on any atom is -0.464 e. The van der Waals surface area contributed by atoms with Crippen molar-refractivity contribution in [2.45, 2.75) is 116 Å². The smallest absolute Gasteiger partial charge is 0.325 e. The lowest BCUT2D eigenvalue weighted by Crippen LogP contribution is -2.42. The molecule has 0 unspecified atom stereocenters. The summed E-state index contributed by atoms with van der Waals surface area (Å²) in [6.45, 7) is 6.14. The van der Waals surface area contributed by atoms with Crippen LogP contribution in [0.1, 0.15) is 111 Å². The Balaban J connectivity index is 3.12. The molecule has 0 aromatic carbocycles. The average Bonchev–Trinajstić information content (AvgIpc) is 2.50. The van der Waals surface area contributed by atoms with E-state index in [9.17, 15) is 4.79 Å². The standard InChI is InChI=1S/C20H41NO2/c1-4-5-6-7-8-9-10-11-12-13-14-15-16-17-18-23-19(22)20(2,3)21/h4-18,21H2,1-3H3. The number of rotatable bonds is 16. The number of carbonyl (C=O) groups is 1. The van der Waals surface area contributed by atoms with E-state index in [0.29, 0.717) is 6.61 Å². The van der Waals surface area contributed by atoms with Gasteiger partial charge in [-0.3, -0.25) is 4.79 Å². The molecule has 0 amide bonds. The topological polar surface area (TPSA) is 52.3 Å². The van der Waals surface area contributed by atoms with E-state index in [1.54, 1.807) is 13.8 Å². The van der Waals surface area contributed by atoms with Gasteiger partial charge in [-0.25, -0.2) is 0 Å². The van der Waals surface area contributed by atoms with Crippen LogP contribution < -0.4 is 5.73 Å². The van der Waals surface area contributed by atoms with Gasteiger partial charge in [0, 0.05) is 0 Å². The van der Waals surface area contributed by atoms with Crippen LogP contribution in [0.5, 0.6) is 0 Å². The van der Waals surface area contributed by atoms with Gasteiger partial charge in [0.2, 0.25) is 0 Å². The van der Waals surface area contributed by atoms with Crippen molar-refractivity contribution >= 4 is 5.97 Å². The molecule has 2 N–H and O–H groups in total. The maximum absolute atomic E-state index is 11.5. The van der Waals surface area contributed by atoms with Crippen LogP contribution in [0.25, 0.3) is 0 Å². The molecule has 0 aliphatic rings. The zero-order valence-electron chi connectivity index (χ0n) is 16.0. The fourth-order valence-corrected chi connectivity index (χ4v) is 2.65. The number of carbonyl (C=O) groups excluding carboxylic acids is 1. The lowest BCUT2D eigenvalue weighted by molar-refractivity contribution is -0.148. The molecule has 138 valence electrons. The van der Waals surface area contributed by atoms with Crippen molar-refractivity contribution in [2.24, 2.45) is 5.73 Å². The number of esters is 1. The largest absolute Gasteiger partial charge is 0.464 e.